The molecule has 0 unspecified atom stereocenters. The Hall–Kier alpha value is -2.37. The third-order valence-electron chi connectivity index (χ3n) is 3.74. The van der Waals surface area contributed by atoms with Gasteiger partial charge >= 0.3 is 0 Å². The molecule has 3 rings (SSSR count). The number of pyridine rings is 1. The van der Waals surface area contributed by atoms with E-state index >= 15 is 0 Å². The van der Waals surface area contributed by atoms with Gasteiger partial charge in [-0.25, -0.2) is 4.39 Å². The number of hydrogen-bond acceptors (Lipinski definition) is 2. The first-order valence-corrected chi connectivity index (χ1v) is 6.99. The SMILES string of the molecule is O=C(Nc1ccc2c(c1)CCCC2)c1cc(F)nc(F)c1F. The topological polar surface area (TPSA) is 42.0 Å². The molecule has 1 heterocycles. The number of aromatic nitrogens is 1. The van der Waals surface area contributed by atoms with Gasteiger partial charge < -0.3 is 5.32 Å². The molecule has 1 N–H and O–H groups in total. The molecule has 1 aromatic heterocycles. The lowest BCUT2D eigenvalue weighted by Gasteiger charge is -2.17. The summed E-state index contributed by atoms with van der Waals surface area (Å²) in [4.78, 5) is 14.7. The van der Waals surface area contributed by atoms with Gasteiger partial charge in [0.05, 0.1) is 5.56 Å². The maximum atomic E-state index is 13.5. The van der Waals surface area contributed by atoms with Crippen molar-refractivity contribution in [3.8, 4) is 0 Å². The first-order valence-electron chi connectivity index (χ1n) is 6.99. The van der Waals surface area contributed by atoms with E-state index in [1.807, 2.05) is 12.1 Å². The molecule has 0 saturated heterocycles. The fraction of sp³-hybridized carbons (Fsp3) is 0.250. The minimum absolute atomic E-state index is 0.475. The number of nitrogens with zero attached hydrogens (tertiary/aromatic N) is 1. The Kier molecular flexibility index (Phi) is 3.83. The summed E-state index contributed by atoms with van der Waals surface area (Å²) in [6, 6.07) is 6.01. The number of amides is 1. The van der Waals surface area contributed by atoms with Crippen molar-refractivity contribution in [3.05, 3.63) is 58.7 Å². The zero-order valence-corrected chi connectivity index (χ0v) is 11.6. The first kappa shape index (κ1) is 14.6. The zero-order chi connectivity index (χ0) is 15.7. The van der Waals surface area contributed by atoms with Gasteiger partial charge in [-0.15, -0.1) is 0 Å². The van der Waals surface area contributed by atoms with Gasteiger partial charge in [0.2, 0.25) is 5.95 Å². The molecular weight excluding hydrogens is 293 g/mol. The summed E-state index contributed by atoms with van der Waals surface area (Å²) in [6.07, 6.45) is 4.14. The van der Waals surface area contributed by atoms with Gasteiger partial charge in [0.15, 0.2) is 5.82 Å². The van der Waals surface area contributed by atoms with Crippen molar-refractivity contribution < 1.29 is 18.0 Å². The van der Waals surface area contributed by atoms with Crippen molar-refractivity contribution in [1.29, 1.82) is 0 Å². The van der Waals surface area contributed by atoms with Crippen molar-refractivity contribution in [2.75, 3.05) is 5.32 Å². The van der Waals surface area contributed by atoms with Crippen LogP contribution in [0.1, 0.15) is 34.3 Å². The second kappa shape index (κ2) is 5.79. The van der Waals surface area contributed by atoms with Gasteiger partial charge in [0.25, 0.3) is 11.9 Å². The molecule has 0 bridgehead atoms. The standard InChI is InChI=1S/C16H13F3N2O/c17-13-8-12(14(18)15(19)21-13)16(22)20-11-6-5-9-3-1-2-4-10(9)7-11/h5-8H,1-4H2,(H,20,22). The summed E-state index contributed by atoms with van der Waals surface area (Å²) in [5.74, 6) is -5.24. The molecule has 3 nitrogen and oxygen atoms in total. The van der Waals surface area contributed by atoms with Crippen LogP contribution >= 0.6 is 0 Å². The Bertz CT molecular complexity index is 746. The number of halogens is 3. The highest BCUT2D eigenvalue weighted by Gasteiger charge is 2.19. The van der Waals surface area contributed by atoms with Gasteiger partial charge in [0, 0.05) is 11.8 Å². The lowest BCUT2D eigenvalue weighted by atomic mass is 9.91. The normalized spacial score (nSPS) is 13.6. The molecular formula is C16H13F3N2O. The van der Waals surface area contributed by atoms with Crippen LogP contribution in [0.2, 0.25) is 0 Å². The van der Waals surface area contributed by atoms with E-state index in [1.54, 1.807) is 6.07 Å². The third-order valence-corrected chi connectivity index (χ3v) is 3.74. The number of carbonyl (C=O) groups excluding carboxylic acids is 1. The van der Waals surface area contributed by atoms with Crippen LogP contribution in [-0.4, -0.2) is 10.9 Å². The fourth-order valence-corrected chi connectivity index (χ4v) is 2.64. The smallest absolute Gasteiger partial charge is 0.258 e. The van der Waals surface area contributed by atoms with E-state index in [1.165, 1.54) is 5.56 Å². The maximum absolute atomic E-state index is 13.5. The summed E-state index contributed by atoms with van der Waals surface area (Å²) >= 11 is 0. The Labute approximate surface area is 125 Å². The third kappa shape index (κ3) is 2.81. The van der Waals surface area contributed by atoms with E-state index in [-0.39, 0.29) is 0 Å². The molecule has 114 valence electrons. The van der Waals surface area contributed by atoms with E-state index < -0.39 is 29.2 Å². The van der Waals surface area contributed by atoms with Crippen LogP contribution in [0.4, 0.5) is 18.9 Å². The van der Waals surface area contributed by atoms with E-state index in [0.717, 1.165) is 31.2 Å². The Morgan fingerprint density at radius 3 is 2.55 bits per heavy atom. The Morgan fingerprint density at radius 2 is 1.77 bits per heavy atom. The summed E-state index contributed by atoms with van der Waals surface area (Å²) in [5.41, 5.74) is 2.14. The molecule has 6 heteroatoms. The molecule has 1 aromatic carbocycles. The Balaban J connectivity index is 1.86. The van der Waals surface area contributed by atoms with Crippen LogP contribution in [0.25, 0.3) is 0 Å². The monoisotopic (exact) mass is 306 g/mol. The molecule has 1 aliphatic rings. The van der Waals surface area contributed by atoms with E-state index in [0.29, 0.717) is 11.8 Å². The molecule has 0 aliphatic heterocycles. The molecule has 0 radical (unpaired) electrons. The van der Waals surface area contributed by atoms with Crippen molar-refractivity contribution in [2.24, 2.45) is 0 Å². The zero-order valence-electron chi connectivity index (χ0n) is 11.6. The number of carbonyl (C=O) groups is 1. The lowest BCUT2D eigenvalue weighted by molar-refractivity contribution is 0.102. The number of aryl methyl sites for hydroxylation is 2. The van der Waals surface area contributed by atoms with Crippen LogP contribution in [0, 0.1) is 17.7 Å². The molecule has 0 atom stereocenters. The second-order valence-corrected chi connectivity index (χ2v) is 5.24. The van der Waals surface area contributed by atoms with Crippen molar-refractivity contribution in [3.63, 3.8) is 0 Å². The van der Waals surface area contributed by atoms with Crippen LogP contribution < -0.4 is 5.32 Å². The molecule has 22 heavy (non-hydrogen) atoms. The number of benzene rings is 1. The predicted molar refractivity (Wildman–Crippen MR) is 75.1 cm³/mol. The average molecular weight is 306 g/mol. The van der Waals surface area contributed by atoms with E-state index in [9.17, 15) is 18.0 Å². The van der Waals surface area contributed by atoms with Gasteiger partial charge in [0.1, 0.15) is 0 Å². The van der Waals surface area contributed by atoms with Gasteiger partial charge in [-0.05, 0) is 48.9 Å². The number of rotatable bonds is 2. The lowest BCUT2D eigenvalue weighted by Crippen LogP contribution is -2.16. The van der Waals surface area contributed by atoms with Crippen LogP contribution in [0.3, 0.4) is 0 Å². The molecule has 0 fully saturated rings. The highest BCUT2D eigenvalue weighted by atomic mass is 19.2. The van der Waals surface area contributed by atoms with Gasteiger partial charge in [-0.3, -0.25) is 4.79 Å². The highest BCUT2D eigenvalue weighted by molar-refractivity contribution is 6.04. The Morgan fingerprint density at radius 1 is 1.05 bits per heavy atom. The first-order chi connectivity index (χ1) is 10.5. The van der Waals surface area contributed by atoms with Crippen molar-refractivity contribution in [1.82, 2.24) is 4.98 Å². The summed E-state index contributed by atoms with van der Waals surface area (Å²) in [7, 11) is 0. The number of nitrogens with one attached hydrogen (secondary N) is 1. The van der Waals surface area contributed by atoms with Crippen molar-refractivity contribution >= 4 is 11.6 Å². The minimum atomic E-state index is -1.63. The molecule has 1 aliphatic carbocycles. The van der Waals surface area contributed by atoms with Crippen LogP contribution in [-0.2, 0) is 12.8 Å². The molecule has 0 spiro atoms. The minimum Gasteiger partial charge on any atom is -0.322 e. The molecule has 2 aromatic rings. The predicted octanol–water partition coefficient (Wildman–Crippen LogP) is 3.63. The van der Waals surface area contributed by atoms with Gasteiger partial charge in [-0.1, -0.05) is 6.07 Å². The number of anilines is 1. The molecule has 0 saturated carbocycles. The fourth-order valence-electron chi connectivity index (χ4n) is 2.64. The largest absolute Gasteiger partial charge is 0.322 e. The highest BCUT2D eigenvalue weighted by Crippen LogP contribution is 2.24. The second-order valence-electron chi connectivity index (χ2n) is 5.24. The van der Waals surface area contributed by atoms with E-state index in [2.05, 4.69) is 10.3 Å². The summed E-state index contributed by atoms with van der Waals surface area (Å²) in [5, 5.41) is 2.46. The average Bonchev–Trinajstić information content (AvgIpc) is 2.50. The summed E-state index contributed by atoms with van der Waals surface area (Å²) < 4.78 is 39.6. The van der Waals surface area contributed by atoms with E-state index in [4.69, 9.17) is 0 Å². The van der Waals surface area contributed by atoms with Gasteiger partial charge in [-0.2, -0.15) is 13.8 Å². The maximum Gasteiger partial charge on any atom is 0.258 e. The number of fused-ring (bicyclic) bond motifs is 1. The van der Waals surface area contributed by atoms with Crippen LogP contribution in [0.15, 0.2) is 24.3 Å². The van der Waals surface area contributed by atoms with Crippen LogP contribution in [0.5, 0.6) is 0 Å². The quantitative estimate of drug-likeness (QED) is 0.861. The van der Waals surface area contributed by atoms with Crippen molar-refractivity contribution in [2.45, 2.75) is 25.7 Å². The number of hydrogen-bond donors (Lipinski definition) is 1. The molecule has 1 amide bonds. The summed E-state index contributed by atoms with van der Waals surface area (Å²) in [6.45, 7) is 0.